The Morgan fingerprint density at radius 1 is 1.25 bits per heavy atom. The summed E-state index contributed by atoms with van der Waals surface area (Å²) in [6, 6.07) is 7.16. The largest absolute Gasteiger partial charge is 0.309 e. The lowest BCUT2D eigenvalue weighted by Crippen LogP contribution is -2.35. The smallest absolute Gasteiger partial charge is 0.0211 e. The Morgan fingerprint density at radius 2 is 1.94 bits per heavy atom. The second-order valence-corrected chi connectivity index (χ2v) is 4.97. The highest BCUT2D eigenvalue weighted by Gasteiger charge is 2.04. The first kappa shape index (κ1) is 13.2. The molecule has 1 aromatic rings. The molecule has 2 nitrogen and oxygen atoms in total. The maximum Gasteiger partial charge on any atom is 0.0211 e. The van der Waals surface area contributed by atoms with Crippen LogP contribution in [0, 0.1) is 13.8 Å². The molecule has 0 aromatic heterocycles. The summed E-state index contributed by atoms with van der Waals surface area (Å²) in [5, 5.41) is 3.56. The zero-order valence-corrected chi connectivity index (χ0v) is 11.2. The minimum absolute atomic E-state index is 0.523. The third kappa shape index (κ3) is 4.33. The predicted octanol–water partition coefficient (Wildman–Crippen LogP) is 2.34. The van der Waals surface area contributed by atoms with Crippen molar-refractivity contribution in [3.05, 3.63) is 34.9 Å². The summed E-state index contributed by atoms with van der Waals surface area (Å²) in [7, 11) is 4.21. The van der Waals surface area contributed by atoms with Crippen LogP contribution in [0.4, 0.5) is 0 Å². The molecular weight excluding hydrogens is 196 g/mol. The first-order valence-corrected chi connectivity index (χ1v) is 5.93. The van der Waals surface area contributed by atoms with Crippen molar-refractivity contribution in [3.63, 3.8) is 0 Å². The minimum atomic E-state index is 0.523. The third-order valence-electron chi connectivity index (χ3n) is 2.78. The number of hydrogen-bond donors (Lipinski definition) is 1. The molecule has 0 amide bonds. The first-order valence-electron chi connectivity index (χ1n) is 5.93. The summed E-state index contributed by atoms with van der Waals surface area (Å²) in [4.78, 5) is 2.21. The van der Waals surface area contributed by atoms with E-state index in [2.05, 4.69) is 63.3 Å². The number of rotatable bonds is 5. The van der Waals surface area contributed by atoms with E-state index in [0.717, 1.165) is 13.1 Å². The molecule has 1 aromatic carbocycles. The van der Waals surface area contributed by atoms with Crippen LogP contribution in [-0.4, -0.2) is 31.6 Å². The highest BCUT2D eigenvalue weighted by atomic mass is 15.1. The maximum absolute atomic E-state index is 3.56. The molecule has 0 radical (unpaired) electrons. The van der Waals surface area contributed by atoms with Crippen LogP contribution in [0.2, 0.25) is 0 Å². The predicted molar refractivity (Wildman–Crippen MR) is 70.8 cm³/mol. The van der Waals surface area contributed by atoms with E-state index >= 15 is 0 Å². The molecule has 1 unspecified atom stereocenters. The van der Waals surface area contributed by atoms with E-state index in [4.69, 9.17) is 0 Å². The van der Waals surface area contributed by atoms with E-state index in [1.54, 1.807) is 0 Å². The van der Waals surface area contributed by atoms with Gasteiger partial charge < -0.3 is 10.2 Å². The molecule has 0 spiro atoms. The van der Waals surface area contributed by atoms with Gasteiger partial charge in [0, 0.05) is 19.1 Å². The maximum atomic E-state index is 3.56. The van der Waals surface area contributed by atoms with Gasteiger partial charge in [0.15, 0.2) is 0 Å². The van der Waals surface area contributed by atoms with Crippen molar-refractivity contribution in [1.82, 2.24) is 10.2 Å². The SMILES string of the molecule is Cc1ccc(C)c(CNC(C)CN(C)C)c1. The Morgan fingerprint density at radius 3 is 2.56 bits per heavy atom. The monoisotopic (exact) mass is 220 g/mol. The van der Waals surface area contributed by atoms with Gasteiger partial charge in [-0.3, -0.25) is 0 Å². The van der Waals surface area contributed by atoms with E-state index in [1.165, 1.54) is 16.7 Å². The van der Waals surface area contributed by atoms with Gasteiger partial charge in [-0.15, -0.1) is 0 Å². The average molecular weight is 220 g/mol. The molecule has 2 heteroatoms. The molecule has 0 bridgehead atoms. The van der Waals surface area contributed by atoms with Crippen molar-refractivity contribution in [2.45, 2.75) is 33.4 Å². The average Bonchev–Trinajstić information content (AvgIpc) is 2.18. The summed E-state index contributed by atoms with van der Waals surface area (Å²) < 4.78 is 0. The minimum Gasteiger partial charge on any atom is -0.309 e. The number of likely N-dealkylation sites (N-methyl/N-ethyl adjacent to an activating group) is 1. The van der Waals surface area contributed by atoms with Gasteiger partial charge in [-0.1, -0.05) is 23.8 Å². The van der Waals surface area contributed by atoms with E-state index in [-0.39, 0.29) is 0 Å². The summed E-state index contributed by atoms with van der Waals surface area (Å²) in [5.41, 5.74) is 4.11. The zero-order valence-electron chi connectivity index (χ0n) is 11.2. The van der Waals surface area contributed by atoms with E-state index in [0.29, 0.717) is 6.04 Å². The molecule has 90 valence electrons. The van der Waals surface area contributed by atoms with Crippen molar-refractivity contribution in [1.29, 1.82) is 0 Å². The highest BCUT2D eigenvalue weighted by Crippen LogP contribution is 2.10. The van der Waals surface area contributed by atoms with Gasteiger partial charge in [-0.2, -0.15) is 0 Å². The van der Waals surface area contributed by atoms with Crippen LogP contribution in [0.3, 0.4) is 0 Å². The van der Waals surface area contributed by atoms with Crippen LogP contribution in [-0.2, 0) is 6.54 Å². The molecule has 0 aliphatic heterocycles. The third-order valence-corrected chi connectivity index (χ3v) is 2.78. The number of benzene rings is 1. The number of aryl methyl sites for hydroxylation is 2. The molecule has 1 rings (SSSR count). The van der Waals surface area contributed by atoms with Crippen molar-refractivity contribution >= 4 is 0 Å². The zero-order chi connectivity index (χ0) is 12.1. The number of nitrogens with one attached hydrogen (secondary N) is 1. The molecule has 1 N–H and O–H groups in total. The van der Waals surface area contributed by atoms with Crippen LogP contribution >= 0.6 is 0 Å². The Labute approximate surface area is 99.7 Å². The fourth-order valence-electron chi connectivity index (χ4n) is 1.89. The molecule has 0 heterocycles. The lowest BCUT2D eigenvalue weighted by molar-refractivity contribution is 0.349. The molecule has 0 aliphatic carbocycles. The molecule has 0 fully saturated rings. The number of hydrogen-bond acceptors (Lipinski definition) is 2. The van der Waals surface area contributed by atoms with Crippen LogP contribution in [0.1, 0.15) is 23.6 Å². The summed E-state index contributed by atoms with van der Waals surface area (Å²) >= 11 is 0. The van der Waals surface area contributed by atoms with Crippen molar-refractivity contribution in [2.24, 2.45) is 0 Å². The summed E-state index contributed by atoms with van der Waals surface area (Å²) in [6.45, 7) is 8.58. The summed E-state index contributed by atoms with van der Waals surface area (Å²) in [5.74, 6) is 0. The molecule has 0 aliphatic rings. The van der Waals surface area contributed by atoms with Gasteiger partial charge >= 0.3 is 0 Å². The van der Waals surface area contributed by atoms with Gasteiger partial charge in [0.05, 0.1) is 0 Å². The molecular formula is C14H24N2. The fraction of sp³-hybridized carbons (Fsp3) is 0.571. The van der Waals surface area contributed by atoms with Gasteiger partial charge in [-0.05, 0) is 46.0 Å². The molecule has 0 saturated heterocycles. The van der Waals surface area contributed by atoms with E-state index < -0.39 is 0 Å². The quantitative estimate of drug-likeness (QED) is 0.819. The van der Waals surface area contributed by atoms with Crippen LogP contribution in [0.15, 0.2) is 18.2 Å². The van der Waals surface area contributed by atoms with Crippen molar-refractivity contribution in [2.75, 3.05) is 20.6 Å². The lowest BCUT2D eigenvalue weighted by atomic mass is 10.1. The van der Waals surface area contributed by atoms with Crippen molar-refractivity contribution in [3.8, 4) is 0 Å². The Bertz CT molecular complexity index is 332. The Balaban J connectivity index is 2.51. The normalized spacial score (nSPS) is 13.1. The van der Waals surface area contributed by atoms with Crippen molar-refractivity contribution < 1.29 is 0 Å². The van der Waals surface area contributed by atoms with Crippen LogP contribution in [0.5, 0.6) is 0 Å². The number of nitrogens with zero attached hydrogens (tertiary/aromatic N) is 1. The second kappa shape index (κ2) is 6.02. The molecule has 1 atom stereocenters. The first-order chi connectivity index (χ1) is 7.49. The highest BCUT2D eigenvalue weighted by molar-refractivity contribution is 5.30. The summed E-state index contributed by atoms with van der Waals surface area (Å²) in [6.07, 6.45) is 0. The Kier molecular flexibility index (Phi) is 4.97. The van der Waals surface area contributed by atoms with Gasteiger partial charge in [0.1, 0.15) is 0 Å². The lowest BCUT2D eigenvalue weighted by Gasteiger charge is -2.19. The molecule has 0 saturated carbocycles. The van der Waals surface area contributed by atoms with Gasteiger partial charge in [-0.25, -0.2) is 0 Å². The van der Waals surface area contributed by atoms with E-state index in [1.807, 2.05) is 0 Å². The molecule has 16 heavy (non-hydrogen) atoms. The standard InChI is InChI=1S/C14H24N2/c1-11-6-7-12(2)14(8-11)9-15-13(3)10-16(4)5/h6-8,13,15H,9-10H2,1-5H3. The second-order valence-electron chi connectivity index (χ2n) is 4.97. The van der Waals surface area contributed by atoms with Gasteiger partial charge in [0.25, 0.3) is 0 Å². The Hall–Kier alpha value is -0.860. The van der Waals surface area contributed by atoms with Crippen LogP contribution in [0.25, 0.3) is 0 Å². The van der Waals surface area contributed by atoms with Gasteiger partial charge in [0.2, 0.25) is 0 Å². The topological polar surface area (TPSA) is 15.3 Å². The van der Waals surface area contributed by atoms with E-state index in [9.17, 15) is 0 Å². The fourth-order valence-corrected chi connectivity index (χ4v) is 1.89. The van der Waals surface area contributed by atoms with Crippen LogP contribution < -0.4 is 5.32 Å².